The van der Waals surface area contributed by atoms with Crippen molar-refractivity contribution in [1.82, 2.24) is 14.8 Å². The molecule has 0 unspecified atom stereocenters. The Labute approximate surface area is 166 Å². The van der Waals surface area contributed by atoms with Gasteiger partial charge < -0.3 is 5.11 Å². The van der Waals surface area contributed by atoms with Crippen molar-refractivity contribution < 1.29 is 23.1 Å². The van der Waals surface area contributed by atoms with Gasteiger partial charge in [0.15, 0.2) is 0 Å². The fourth-order valence-corrected chi connectivity index (χ4v) is 3.67. The van der Waals surface area contributed by atoms with E-state index < -0.39 is 17.7 Å². The summed E-state index contributed by atoms with van der Waals surface area (Å²) >= 11 is 1.16. The Morgan fingerprint density at radius 3 is 2.45 bits per heavy atom. The van der Waals surface area contributed by atoms with Crippen LogP contribution < -0.4 is 0 Å². The second kappa shape index (κ2) is 7.17. The smallest absolute Gasteiger partial charge is 0.416 e. The van der Waals surface area contributed by atoms with E-state index in [4.69, 9.17) is 0 Å². The molecule has 0 spiro atoms. The zero-order valence-electron chi connectivity index (χ0n) is 14.6. The van der Waals surface area contributed by atoms with Crippen LogP contribution in [0.2, 0.25) is 0 Å². The fourth-order valence-electron chi connectivity index (χ4n) is 2.87. The van der Waals surface area contributed by atoms with Crippen molar-refractivity contribution in [1.29, 1.82) is 0 Å². The van der Waals surface area contributed by atoms with Crippen LogP contribution in [-0.2, 0) is 6.18 Å². The van der Waals surface area contributed by atoms with Crippen LogP contribution in [-0.4, -0.2) is 25.8 Å². The highest BCUT2D eigenvalue weighted by Gasteiger charge is 2.30. The van der Waals surface area contributed by atoms with Gasteiger partial charge >= 0.3 is 12.1 Å². The van der Waals surface area contributed by atoms with Gasteiger partial charge in [0.25, 0.3) is 0 Å². The minimum Gasteiger partial charge on any atom is -0.478 e. The first-order chi connectivity index (χ1) is 13.8. The lowest BCUT2D eigenvalue weighted by atomic mass is 10.1. The highest BCUT2D eigenvalue weighted by molar-refractivity contribution is 7.12. The van der Waals surface area contributed by atoms with Crippen molar-refractivity contribution >= 4 is 17.3 Å². The lowest BCUT2D eigenvalue weighted by molar-refractivity contribution is -0.137. The summed E-state index contributed by atoms with van der Waals surface area (Å²) in [4.78, 5) is 16.0. The summed E-state index contributed by atoms with van der Waals surface area (Å²) in [5.41, 5.74) is 0.895. The van der Waals surface area contributed by atoms with E-state index in [-0.39, 0.29) is 5.56 Å². The minimum absolute atomic E-state index is 0.00650. The predicted molar refractivity (Wildman–Crippen MR) is 102 cm³/mol. The maximum absolute atomic E-state index is 13.0. The number of nitrogens with zero attached hydrogens (tertiary/aromatic N) is 3. The van der Waals surface area contributed by atoms with Gasteiger partial charge in [-0.15, -0.1) is 11.3 Å². The number of aromatic carboxylic acids is 1. The average Bonchev–Trinajstić information content (AvgIpc) is 3.35. The molecule has 2 heterocycles. The third-order valence-electron chi connectivity index (χ3n) is 4.21. The number of aromatic nitrogens is 3. The molecular weight excluding hydrogens is 403 g/mol. The van der Waals surface area contributed by atoms with Gasteiger partial charge in [-0.25, -0.2) is 14.5 Å². The lowest BCUT2D eigenvalue weighted by Crippen LogP contribution is -2.04. The Balaban J connectivity index is 1.79. The molecule has 5 nitrogen and oxygen atoms in total. The number of carbonyl (C=O) groups is 1. The molecule has 0 saturated carbocycles. The van der Waals surface area contributed by atoms with Gasteiger partial charge in [0, 0.05) is 16.5 Å². The zero-order chi connectivity index (χ0) is 20.6. The van der Waals surface area contributed by atoms with Crippen LogP contribution in [0.5, 0.6) is 0 Å². The second-order valence-electron chi connectivity index (χ2n) is 6.08. The summed E-state index contributed by atoms with van der Waals surface area (Å²) in [7, 11) is 0. The zero-order valence-corrected chi connectivity index (χ0v) is 15.4. The molecule has 146 valence electrons. The number of hydrogen-bond acceptors (Lipinski definition) is 4. The summed E-state index contributed by atoms with van der Waals surface area (Å²) in [6, 6.07) is 13.7. The van der Waals surface area contributed by atoms with Crippen molar-refractivity contribution in [3.63, 3.8) is 0 Å². The van der Waals surface area contributed by atoms with Gasteiger partial charge in [-0.2, -0.15) is 18.3 Å². The van der Waals surface area contributed by atoms with E-state index in [9.17, 15) is 23.1 Å². The summed E-state index contributed by atoms with van der Waals surface area (Å²) in [5, 5.41) is 15.6. The monoisotopic (exact) mass is 415 g/mol. The second-order valence-corrected chi connectivity index (χ2v) is 6.92. The van der Waals surface area contributed by atoms with E-state index in [1.807, 2.05) is 0 Å². The van der Waals surface area contributed by atoms with E-state index in [1.165, 1.54) is 23.0 Å². The Bertz CT molecular complexity index is 1180. The molecular formula is C20H12F3N3O2S. The third kappa shape index (κ3) is 3.64. The molecule has 0 aliphatic heterocycles. The summed E-state index contributed by atoms with van der Waals surface area (Å²) in [6.45, 7) is 0. The van der Waals surface area contributed by atoms with E-state index in [0.29, 0.717) is 27.6 Å². The van der Waals surface area contributed by atoms with Gasteiger partial charge in [-0.1, -0.05) is 42.5 Å². The maximum Gasteiger partial charge on any atom is 0.416 e. The largest absolute Gasteiger partial charge is 0.478 e. The minimum atomic E-state index is -4.45. The number of rotatable bonds is 4. The van der Waals surface area contributed by atoms with Crippen molar-refractivity contribution in [2.24, 2.45) is 0 Å². The molecule has 0 aliphatic rings. The molecule has 29 heavy (non-hydrogen) atoms. The number of benzene rings is 2. The van der Waals surface area contributed by atoms with Crippen LogP contribution in [0.15, 0.2) is 66.2 Å². The Kier molecular flexibility index (Phi) is 4.67. The van der Waals surface area contributed by atoms with Crippen molar-refractivity contribution in [2.75, 3.05) is 0 Å². The molecule has 1 N–H and O–H groups in total. The van der Waals surface area contributed by atoms with E-state index in [2.05, 4.69) is 10.1 Å². The Morgan fingerprint density at radius 1 is 1.03 bits per heavy atom. The van der Waals surface area contributed by atoms with Crippen LogP contribution in [0.25, 0.3) is 27.6 Å². The topological polar surface area (TPSA) is 68.0 Å². The van der Waals surface area contributed by atoms with Crippen LogP contribution >= 0.6 is 11.3 Å². The van der Waals surface area contributed by atoms with Gasteiger partial charge in [0.05, 0.1) is 23.1 Å². The molecule has 0 aliphatic carbocycles. The molecule has 0 bridgehead atoms. The average molecular weight is 415 g/mol. The first-order valence-electron chi connectivity index (χ1n) is 8.35. The number of alkyl halides is 3. The summed E-state index contributed by atoms with van der Waals surface area (Å²) < 4.78 is 40.3. The predicted octanol–water partition coefficient (Wildman–Crippen LogP) is 5.38. The van der Waals surface area contributed by atoms with Crippen LogP contribution in [0, 0.1) is 0 Å². The highest BCUT2D eigenvalue weighted by Crippen LogP contribution is 2.34. The number of carboxylic acids is 1. The van der Waals surface area contributed by atoms with Gasteiger partial charge in [-0.3, -0.25) is 0 Å². The SMILES string of the molecule is O=C(O)c1cnn(-c2nc(-c3cccc(C(F)(F)F)c3)cs2)c1-c1ccccc1. The van der Waals surface area contributed by atoms with Crippen LogP contribution in [0.3, 0.4) is 0 Å². The Morgan fingerprint density at radius 2 is 1.76 bits per heavy atom. The van der Waals surface area contributed by atoms with Gasteiger partial charge in [0.1, 0.15) is 5.56 Å². The number of carboxylic acid groups (broad SMARTS) is 1. The molecule has 2 aromatic carbocycles. The standard InChI is InChI=1S/C20H12F3N3O2S/c21-20(22,23)14-8-4-7-13(9-14)16-11-29-19(25-16)26-17(12-5-2-1-3-6-12)15(10-24-26)18(27)28/h1-11H,(H,27,28). The molecule has 2 aromatic heterocycles. The number of hydrogen-bond donors (Lipinski definition) is 1. The number of halogens is 3. The van der Waals surface area contributed by atoms with E-state index in [0.717, 1.165) is 23.5 Å². The van der Waals surface area contributed by atoms with E-state index in [1.54, 1.807) is 35.7 Å². The van der Waals surface area contributed by atoms with Crippen molar-refractivity contribution in [3.05, 3.63) is 77.3 Å². The molecule has 0 fully saturated rings. The van der Waals surface area contributed by atoms with Gasteiger partial charge in [0.2, 0.25) is 5.13 Å². The van der Waals surface area contributed by atoms with Crippen LogP contribution in [0.1, 0.15) is 15.9 Å². The first-order valence-corrected chi connectivity index (χ1v) is 9.23. The maximum atomic E-state index is 13.0. The molecule has 9 heteroatoms. The molecule has 4 rings (SSSR count). The fraction of sp³-hybridized carbons (Fsp3) is 0.0500. The number of thiazole rings is 1. The van der Waals surface area contributed by atoms with E-state index >= 15 is 0 Å². The third-order valence-corrected chi connectivity index (χ3v) is 5.02. The van der Waals surface area contributed by atoms with Gasteiger partial charge in [-0.05, 0) is 12.1 Å². The van der Waals surface area contributed by atoms with Crippen molar-refractivity contribution in [2.45, 2.75) is 6.18 Å². The van der Waals surface area contributed by atoms with Crippen molar-refractivity contribution in [3.8, 4) is 27.6 Å². The molecule has 0 atom stereocenters. The normalized spacial score (nSPS) is 11.6. The Hall–Kier alpha value is -3.46. The van der Waals surface area contributed by atoms with Crippen LogP contribution in [0.4, 0.5) is 13.2 Å². The first kappa shape index (κ1) is 18.9. The highest BCUT2D eigenvalue weighted by atomic mass is 32.1. The summed E-state index contributed by atoms with van der Waals surface area (Å²) in [5.74, 6) is -1.13. The molecule has 0 radical (unpaired) electrons. The molecule has 0 saturated heterocycles. The lowest BCUT2D eigenvalue weighted by Gasteiger charge is -2.07. The quantitative estimate of drug-likeness (QED) is 0.486. The molecule has 4 aromatic rings. The summed E-state index contributed by atoms with van der Waals surface area (Å²) in [6.07, 6.45) is -3.22. The molecule has 0 amide bonds.